The highest BCUT2D eigenvalue weighted by Gasteiger charge is 2.48. The van der Waals surface area contributed by atoms with Crippen LogP contribution in [0, 0.1) is 20.2 Å². The van der Waals surface area contributed by atoms with Crippen LogP contribution in [0.5, 0.6) is 0 Å². The Morgan fingerprint density at radius 3 is 1.34 bits per heavy atom. The second-order valence-corrected chi connectivity index (χ2v) is 12.8. The first kappa shape index (κ1) is 22.4. The van der Waals surface area contributed by atoms with E-state index in [-0.39, 0.29) is 0 Å². The molecule has 0 unspecified atom stereocenters. The van der Waals surface area contributed by atoms with E-state index >= 15 is 0 Å². The summed E-state index contributed by atoms with van der Waals surface area (Å²) < 4.78 is 72.8. The van der Waals surface area contributed by atoms with Gasteiger partial charge in [0, 0.05) is 30.5 Å². The molecular formula is C14H12N2O10S3. The lowest BCUT2D eigenvalue weighted by Gasteiger charge is -2.17. The molecule has 0 atom stereocenters. The zero-order valence-electron chi connectivity index (χ0n) is 14.4. The van der Waals surface area contributed by atoms with Crippen molar-refractivity contribution >= 4 is 40.9 Å². The first-order valence-electron chi connectivity index (χ1n) is 7.34. The van der Waals surface area contributed by atoms with Crippen molar-refractivity contribution < 1.29 is 35.1 Å². The Hall–Kier alpha value is -2.91. The van der Waals surface area contributed by atoms with Crippen molar-refractivity contribution in [3.8, 4) is 0 Å². The van der Waals surface area contributed by atoms with E-state index in [2.05, 4.69) is 0 Å². The Morgan fingerprint density at radius 2 is 1.07 bits per heavy atom. The second-order valence-electron chi connectivity index (χ2n) is 5.72. The second kappa shape index (κ2) is 7.49. The van der Waals surface area contributed by atoms with Crippen molar-refractivity contribution in [1.82, 2.24) is 0 Å². The smallest absolute Gasteiger partial charge is 0.258 e. The van der Waals surface area contributed by atoms with Crippen molar-refractivity contribution in [3.05, 3.63) is 68.8 Å². The van der Waals surface area contributed by atoms with Crippen molar-refractivity contribution in [2.45, 2.75) is 13.7 Å². The lowest BCUT2D eigenvalue weighted by molar-refractivity contribution is -0.385. The first-order valence-corrected chi connectivity index (χ1v) is 12.4. The summed E-state index contributed by atoms with van der Waals surface area (Å²) in [5.41, 5.74) is -1.41. The SMILES string of the molecule is CS(=O)(=O)C(S(=O)(=O)c1cccc([N+](=O)[O-])c1)S(=O)(=O)c1cccc([N+](=O)[O-])c1. The number of sulfone groups is 3. The molecule has 0 saturated heterocycles. The molecule has 0 aromatic heterocycles. The minimum atomic E-state index is -5.20. The number of nitro groups is 2. The van der Waals surface area contributed by atoms with Gasteiger partial charge in [-0.2, -0.15) is 0 Å². The summed E-state index contributed by atoms with van der Waals surface area (Å²) in [7, 11) is -15.3. The maximum atomic E-state index is 12.9. The number of nitro benzene ring substituents is 2. The van der Waals surface area contributed by atoms with Gasteiger partial charge in [-0.25, -0.2) is 25.3 Å². The van der Waals surface area contributed by atoms with Crippen molar-refractivity contribution in [3.63, 3.8) is 0 Å². The number of hydrogen-bond donors (Lipinski definition) is 0. The highest BCUT2D eigenvalue weighted by molar-refractivity contribution is 8.24. The number of non-ortho nitro benzene ring substituents is 2. The van der Waals surface area contributed by atoms with Gasteiger partial charge in [-0.15, -0.1) is 0 Å². The monoisotopic (exact) mass is 464 g/mol. The van der Waals surface area contributed by atoms with Crippen LogP contribution in [0.3, 0.4) is 0 Å². The molecule has 0 aliphatic carbocycles. The molecule has 2 aromatic rings. The summed E-state index contributed by atoms with van der Waals surface area (Å²) in [5.74, 6) is 0. The summed E-state index contributed by atoms with van der Waals surface area (Å²) >= 11 is 0. The van der Waals surface area contributed by atoms with Crippen LogP contribution in [-0.4, -0.2) is 45.3 Å². The van der Waals surface area contributed by atoms with Crippen LogP contribution < -0.4 is 0 Å². The zero-order chi connectivity index (χ0) is 22.2. The van der Waals surface area contributed by atoms with Crippen molar-refractivity contribution in [1.29, 1.82) is 0 Å². The minimum absolute atomic E-state index is 0.363. The maximum absolute atomic E-state index is 12.9. The van der Waals surface area contributed by atoms with E-state index in [9.17, 15) is 45.5 Å². The van der Waals surface area contributed by atoms with E-state index in [4.69, 9.17) is 0 Å². The van der Waals surface area contributed by atoms with Crippen LogP contribution in [0.15, 0.2) is 58.3 Å². The fraction of sp³-hybridized carbons (Fsp3) is 0.143. The van der Waals surface area contributed by atoms with E-state index in [1.54, 1.807) is 0 Å². The Bertz CT molecular complexity index is 1230. The molecule has 0 radical (unpaired) electrons. The van der Waals surface area contributed by atoms with Gasteiger partial charge < -0.3 is 0 Å². The maximum Gasteiger partial charge on any atom is 0.271 e. The Labute approximate surface area is 164 Å². The molecule has 0 aliphatic heterocycles. The molecule has 2 rings (SSSR count). The highest BCUT2D eigenvalue weighted by atomic mass is 32.3. The lowest BCUT2D eigenvalue weighted by Crippen LogP contribution is -2.37. The average molecular weight is 464 g/mol. The highest BCUT2D eigenvalue weighted by Crippen LogP contribution is 2.31. The molecule has 12 nitrogen and oxygen atoms in total. The van der Waals surface area contributed by atoms with Gasteiger partial charge in [0.15, 0.2) is 9.84 Å². The number of rotatable bonds is 7. The van der Waals surface area contributed by atoms with Crippen molar-refractivity contribution in [2.75, 3.05) is 6.26 Å². The van der Waals surface area contributed by atoms with Crippen LogP contribution in [-0.2, 0) is 29.5 Å². The quantitative estimate of drug-likeness (QED) is 0.423. The average Bonchev–Trinajstić information content (AvgIpc) is 2.60. The molecule has 0 spiro atoms. The molecule has 0 aliphatic rings. The van der Waals surface area contributed by atoms with E-state index in [0.29, 0.717) is 18.4 Å². The standard InChI is InChI=1S/C14H12N2O10S3/c1-27(21,22)14(28(23,24)12-6-2-4-10(8-12)15(17)18)29(25,26)13-7-3-5-11(9-13)16(19)20/h2-9,14H,1H3. The van der Waals surface area contributed by atoms with Gasteiger partial charge in [-0.05, 0) is 12.1 Å². The van der Waals surface area contributed by atoms with E-state index in [0.717, 1.165) is 36.4 Å². The Morgan fingerprint density at radius 1 is 0.724 bits per heavy atom. The molecule has 156 valence electrons. The van der Waals surface area contributed by atoms with Crippen molar-refractivity contribution in [2.24, 2.45) is 0 Å². The summed E-state index contributed by atoms with van der Waals surface area (Å²) in [5, 5.41) is 21.8. The normalized spacial score (nSPS) is 12.6. The van der Waals surface area contributed by atoms with Gasteiger partial charge in [0.1, 0.15) is 0 Å². The van der Waals surface area contributed by atoms with Gasteiger partial charge in [0.25, 0.3) is 15.3 Å². The predicted molar refractivity (Wildman–Crippen MR) is 99.2 cm³/mol. The molecule has 15 heteroatoms. The third kappa shape index (κ3) is 4.41. The van der Waals surface area contributed by atoms with Gasteiger partial charge in [0.2, 0.25) is 19.7 Å². The van der Waals surface area contributed by atoms with Gasteiger partial charge in [-0.3, -0.25) is 20.2 Å². The fourth-order valence-corrected chi connectivity index (χ4v) is 10.3. The molecule has 0 N–H and O–H groups in total. The van der Waals surface area contributed by atoms with E-state index in [1.807, 2.05) is 0 Å². The summed E-state index contributed by atoms with van der Waals surface area (Å²) in [4.78, 5) is 18.1. The molecule has 0 amide bonds. The predicted octanol–water partition coefficient (Wildman–Crippen LogP) is 1.08. The zero-order valence-corrected chi connectivity index (χ0v) is 16.8. The van der Waals surface area contributed by atoms with E-state index in [1.165, 1.54) is 0 Å². The lowest BCUT2D eigenvalue weighted by atomic mass is 10.3. The van der Waals surface area contributed by atoms with Crippen LogP contribution in [0.2, 0.25) is 0 Å². The third-order valence-electron chi connectivity index (χ3n) is 3.57. The Balaban J connectivity index is 2.78. The van der Waals surface area contributed by atoms with Crippen LogP contribution in [0.4, 0.5) is 11.4 Å². The molecule has 0 bridgehead atoms. The Kier molecular flexibility index (Phi) is 5.78. The van der Waals surface area contributed by atoms with Crippen LogP contribution >= 0.6 is 0 Å². The van der Waals surface area contributed by atoms with Crippen LogP contribution in [0.25, 0.3) is 0 Å². The molecule has 0 heterocycles. The van der Waals surface area contributed by atoms with Gasteiger partial charge in [-0.1, -0.05) is 12.1 Å². The topological polar surface area (TPSA) is 189 Å². The fourth-order valence-electron chi connectivity index (χ4n) is 2.40. The molecule has 2 aromatic carbocycles. The van der Waals surface area contributed by atoms with E-state index < -0.39 is 64.4 Å². The van der Waals surface area contributed by atoms with Crippen LogP contribution in [0.1, 0.15) is 0 Å². The summed E-state index contributed by atoms with van der Waals surface area (Å²) in [6, 6.07) is 6.43. The van der Waals surface area contributed by atoms with Gasteiger partial charge >= 0.3 is 0 Å². The number of benzene rings is 2. The molecule has 29 heavy (non-hydrogen) atoms. The first-order chi connectivity index (χ1) is 13.2. The third-order valence-corrected chi connectivity index (χ3v) is 12.2. The number of hydrogen-bond acceptors (Lipinski definition) is 10. The minimum Gasteiger partial charge on any atom is -0.258 e. The summed E-state index contributed by atoms with van der Waals surface area (Å²) in [6.45, 7) is 0. The largest absolute Gasteiger partial charge is 0.271 e. The van der Waals surface area contributed by atoms with Gasteiger partial charge in [0.05, 0.1) is 19.6 Å². The number of nitrogens with zero attached hydrogens (tertiary/aromatic N) is 2. The molecular weight excluding hydrogens is 452 g/mol. The summed E-state index contributed by atoms with van der Waals surface area (Å²) in [6.07, 6.45) is 0.363. The molecule has 0 fully saturated rings. The molecule has 0 saturated carbocycles.